The third-order valence-electron chi connectivity index (χ3n) is 4.36. The van der Waals surface area contributed by atoms with Crippen molar-refractivity contribution in [2.75, 3.05) is 18.2 Å². The number of nitrogens with one attached hydrogen (secondary N) is 1. The van der Waals surface area contributed by atoms with Crippen LogP contribution in [0.2, 0.25) is 0 Å². The SMILES string of the molecule is COCc1ccc(-c2nccc3c(Nc4ccc(F)c(F)c4)c(N)oc23)cc1. The molecule has 0 radical (unpaired) electrons. The molecule has 0 aliphatic heterocycles. The van der Waals surface area contributed by atoms with Crippen molar-refractivity contribution in [2.24, 2.45) is 0 Å². The molecule has 2 aromatic heterocycles. The van der Waals surface area contributed by atoms with Gasteiger partial charge in [-0.2, -0.15) is 0 Å². The Morgan fingerprint density at radius 2 is 1.86 bits per heavy atom. The largest absolute Gasteiger partial charge is 0.436 e. The van der Waals surface area contributed by atoms with Crippen molar-refractivity contribution < 1.29 is 17.9 Å². The van der Waals surface area contributed by atoms with Gasteiger partial charge in [0.25, 0.3) is 0 Å². The van der Waals surface area contributed by atoms with Crippen LogP contribution >= 0.6 is 0 Å². The van der Waals surface area contributed by atoms with Gasteiger partial charge in [0.1, 0.15) is 11.4 Å². The molecular weight excluding hydrogens is 364 g/mol. The minimum absolute atomic E-state index is 0.130. The lowest BCUT2D eigenvalue weighted by Crippen LogP contribution is -1.95. The third-order valence-corrected chi connectivity index (χ3v) is 4.36. The minimum Gasteiger partial charge on any atom is -0.436 e. The highest BCUT2D eigenvalue weighted by Gasteiger charge is 2.17. The van der Waals surface area contributed by atoms with Crippen molar-refractivity contribution in [3.63, 3.8) is 0 Å². The second-order valence-electron chi connectivity index (χ2n) is 6.26. The summed E-state index contributed by atoms with van der Waals surface area (Å²) in [6.07, 6.45) is 1.64. The number of fused-ring (bicyclic) bond motifs is 1. The molecule has 5 nitrogen and oxygen atoms in total. The van der Waals surface area contributed by atoms with E-state index in [0.29, 0.717) is 34.6 Å². The Morgan fingerprint density at radius 3 is 2.57 bits per heavy atom. The molecule has 0 saturated carbocycles. The van der Waals surface area contributed by atoms with Crippen molar-refractivity contribution in [1.82, 2.24) is 4.98 Å². The molecule has 142 valence electrons. The molecule has 0 spiro atoms. The molecule has 2 heterocycles. The van der Waals surface area contributed by atoms with E-state index >= 15 is 0 Å². The van der Waals surface area contributed by atoms with E-state index < -0.39 is 11.6 Å². The Labute approximate surface area is 159 Å². The highest BCUT2D eigenvalue weighted by molar-refractivity contribution is 6.03. The number of furan rings is 1. The van der Waals surface area contributed by atoms with Gasteiger partial charge in [0.15, 0.2) is 17.2 Å². The second-order valence-corrected chi connectivity index (χ2v) is 6.26. The maximum Gasteiger partial charge on any atom is 0.215 e. The van der Waals surface area contributed by atoms with Crippen LogP contribution in [0.5, 0.6) is 0 Å². The van der Waals surface area contributed by atoms with E-state index in [-0.39, 0.29) is 5.88 Å². The van der Waals surface area contributed by atoms with E-state index in [1.54, 1.807) is 19.4 Å². The summed E-state index contributed by atoms with van der Waals surface area (Å²) in [6, 6.07) is 13.0. The van der Waals surface area contributed by atoms with Gasteiger partial charge >= 0.3 is 0 Å². The lowest BCUT2D eigenvalue weighted by molar-refractivity contribution is 0.185. The van der Waals surface area contributed by atoms with Crippen molar-refractivity contribution in [3.05, 3.63) is 71.9 Å². The van der Waals surface area contributed by atoms with E-state index in [2.05, 4.69) is 10.3 Å². The fourth-order valence-corrected chi connectivity index (χ4v) is 3.02. The van der Waals surface area contributed by atoms with Crippen LogP contribution < -0.4 is 11.1 Å². The highest BCUT2D eigenvalue weighted by atomic mass is 19.2. The molecule has 3 N–H and O–H groups in total. The van der Waals surface area contributed by atoms with Gasteiger partial charge < -0.3 is 20.2 Å². The number of aromatic nitrogens is 1. The number of halogens is 2. The first kappa shape index (κ1) is 17.9. The Hall–Kier alpha value is -3.45. The summed E-state index contributed by atoms with van der Waals surface area (Å²) in [5.74, 6) is -1.74. The van der Waals surface area contributed by atoms with E-state index in [4.69, 9.17) is 14.9 Å². The van der Waals surface area contributed by atoms with E-state index in [1.807, 2.05) is 24.3 Å². The van der Waals surface area contributed by atoms with Crippen LogP contribution in [0.1, 0.15) is 5.56 Å². The van der Waals surface area contributed by atoms with Crippen molar-refractivity contribution in [1.29, 1.82) is 0 Å². The molecule has 0 unspecified atom stereocenters. The van der Waals surface area contributed by atoms with Gasteiger partial charge in [0, 0.05) is 30.6 Å². The fourth-order valence-electron chi connectivity index (χ4n) is 3.02. The zero-order valence-electron chi connectivity index (χ0n) is 15.0. The number of hydrogen-bond donors (Lipinski definition) is 2. The molecule has 0 fully saturated rings. The van der Waals surface area contributed by atoms with E-state index in [0.717, 1.165) is 23.3 Å². The summed E-state index contributed by atoms with van der Waals surface area (Å²) in [5.41, 5.74) is 9.90. The molecule has 2 aromatic carbocycles. The first-order valence-corrected chi connectivity index (χ1v) is 8.54. The molecule has 4 aromatic rings. The molecule has 0 aliphatic rings. The topological polar surface area (TPSA) is 73.3 Å². The third kappa shape index (κ3) is 3.27. The average Bonchev–Trinajstić information content (AvgIpc) is 3.01. The zero-order valence-corrected chi connectivity index (χ0v) is 15.0. The number of methoxy groups -OCH3 is 1. The number of anilines is 3. The number of rotatable bonds is 5. The fraction of sp³-hybridized carbons (Fsp3) is 0.0952. The van der Waals surface area contributed by atoms with Crippen LogP contribution in [0.15, 0.2) is 59.1 Å². The molecule has 28 heavy (non-hydrogen) atoms. The average molecular weight is 381 g/mol. The minimum atomic E-state index is -0.949. The van der Waals surface area contributed by atoms with Crippen LogP contribution in [0.4, 0.5) is 26.0 Å². The maximum atomic E-state index is 13.5. The molecule has 7 heteroatoms. The lowest BCUT2D eigenvalue weighted by Gasteiger charge is -2.06. The number of hydrogen-bond acceptors (Lipinski definition) is 5. The molecule has 0 aliphatic carbocycles. The number of nitrogens with zero attached hydrogens (tertiary/aromatic N) is 1. The Balaban J connectivity index is 1.75. The molecule has 0 saturated heterocycles. The summed E-state index contributed by atoms with van der Waals surface area (Å²) in [5, 5.41) is 3.69. The Morgan fingerprint density at radius 1 is 1.07 bits per heavy atom. The van der Waals surface area contributed by atoms with E-state index in [1.165, 1.54) is 6.07 Å². The molecule has 0 bridgehead atoms. The van der Waals surface area contributed by atoms with E-state index in [9.17, 15) is 8.78 Å². The van der Waals surface area contributed by atoms with Crippen LogP contribution in [-0.2, 0) is 11.3 Å². The number of nitrogens with two attached hydrogens (primary N) is 1. The Bertz CT molecular complexity index is 1140. The number of benzene rings is 2. The molecule has 0 atom stereocenters. The zero-order chi connectivity index (χ0) is 19.7. The number of nitrogen functional groups attached to an aromatic ring is 1. The quantitative estimate of drug-likeness (QED) is 0.494. The van der Waals surface area contributed by atoms with Crippen LogP contribution in [-0.4, -0.2) is 12.1 Å². The first-order valence-electron chi connectivity index (χ1n) is 8.54. The Kier molecular flexibility index (Phi) is 4.67. The number of pyridine rings is 1. The van der Waals surface area contributed by atoms with Crippen LogP contribution in [0, 0.1) is 11.6 Å². The van der Waals surface area contributed by atoms with Gasteiger partial charge in [0.2, 0.25) is 5.88 Å². The normalized spacial score (nSPS) is 11.1. The molecule has 0 amide bonds. The van der Waals surface area contributed by atoms with Crippen molar-refractivity contribution in [2.45, 2.75) is 6.61 Å². The highest BCUT2D eigenvalue weighted by Crippen LogP contribution is 2.39. The summed E-state index contributed by atoms with van der Waals surface area (Å²) in [7, 11) is 1.64. The van der Waals surface area contributed by atoms with Crippen LogP contribution in [0.3, 0.4) is 0 Å². The second kappa shape index (κ2) is 7.28. The van der Waals surface area contributed by atoms with Gasteiger partial charge in [-0.25, -0.2) is 8.78 Å². The van der Waals surface area contributed by atoms with Crippen molar-refractivity contribution >= 4 is 28.2 Å². The van der Waals surface area contributed by atoms with Gasteiger partial charge in [-0.3, -0.25) is 4.98 Å². The smallest absolute Gasteiger partial charge is 0.215 e. The summed E-state index contributed by atoms with van der Waals surface area (Å²) < 4.78 is 37.5. The molecule has 4 rings (SSSR count). The summed E-state index contributed by atoms with van der Waals surface area (Å²) >= 11 is 0. The molecular formula is C21H17F2N3O2. The predicted octanol–water partition coefficient (Wildman–Crippen LogP) is 5.25. The summed E-state index contributed by atoms with van der Waals surface area (Å²) in [6.45, 7) is 0.522. The predicted molar refractivity (Wildman–Crippen MR) is 104 cm³/mol. The standard InChI is InChI=1S/C21H17F2N3O2/c1-27-11-12-2-4-13(5-3-12)18-20-15(8-9-25-18)19(21(24)28-20)26-14-6-7-16(22)17(23)10-14/h2-10,26H,11,24H2,1H3. The van der Waals surface area contributed by atoms with Crippen LogP contribution in [0.25, 0.3) is 22.2 Å². The van der Waals surface area contributed by atoms with Gasteiger partial charge in [-0.1, -0.05) is 24.3 Å². The van der Waals surface area contributed by atoms with Crippen molar-refractivity contribution in [3.8, 4) is 11.3 Å². The lowest BCUT2D eigenvalue weighted by atomic mass is 10.1. The maximum absolute atomic E-state index is 13.5. The monoisotopic (exact) mass is 381 g/mol. The first-order chi connectivity index (χ1) is 13.6. The van der Waals surface area contributed by atoms with Gasteiger partial charge in [0.05, 0.1) is 12.0 Å². The van der Waals surface area contributed by atoms with Gasteiger partial charge in [-0.05, 0) is 23.8 Å². The number of ether oxygens (including phenoxy) is 1. The summed E-state index contributed by atoms with van der Waals surface area (Å²) in [4.78, 5) is 4.42. The van der Waals surface area contributed by atoms with Gasteiger partial charge in [-0.15, -0.1) is 0 Å².